The monoisotopic (exact) mass is 231 g/mol. The molecule has 1 aromatic carbocycles. The van der Waals surface area contributed by atoms with Gasteiger partial charge < -0.3 is 9.72 Å². The smallest absolute Gasteiger partial charge is 0.354 e. The summed E-state index contributed by atoms with van der Waals surface area (Å²) in [4.78, 5) is 14.8. The minimum absolute atomic E-state index is 0.293. The molecule has 0 aliphatic heterocycles. The SMILES string of the molecule is CCOC(=O)c1cc2cccc(C(C)C)c2[nH]1. The van der Waals surface area contributed by atoms with Gasteiger partial charge in [-0.05, 0) is 24.5 Å². The molecule has 2 aromatic rings. The summed E-state index contributed by atoms with van der Waals surface area (Å²) in [6.45, 7) is 6.48. The number of esters is 1. The van der Waals surface area contributed by atoms with Crippen LogP contribution < -0.4 is 0 Å². The van der Waals surface area contributed by atoms with Gasteiger partial charge in [0.05, 0.1) is 6.61 Å². The molecule has 0 fully saturated rings. The van der Waals surface area contributed by atoms with E-state index in [-0.39, 0.29) is 5.97 Å². The number of ether oxygens (including phenoxy) is 1. The van der Waals surface area contributed by atoms with Gasteiger partial charge in [-0.3, -0.25) is 0 Å². The highest BCUT2D eigenvalue weighted by Gasteiger charge is 2.13. The first-order valence-corrected chi connectivity index (χ1v) is 5.92. The minimum Gasteiger partial charge on any atom is -0.461 e. The third-order valence-electron chi connectivity index (χ3n) is 2.81. The summed E-state index contributed by atoms with van der Waals surface area (Å²) >= 11 is 0. The average molecular weight is 231 g/mol. The molecule has 2 rings (SSSR count). The summed E-state index contributed by atoms with van der Waals surface area (Å²) in [5.41, 5.74) is 2.78. The summed E-state index contributed by atoms with van der Waals surface area (Å²) in [6.07, 6.45) is 0. The van der Waals surface area contributed by atoms with E-state index >= 15 is 0 Å². The van der Waals surface area contributed by atoms with E-state index in [0.717, 1.165) is 10.9 Å². The van der Waals surface area contributed by atoms with Gasteiger partial charge in [-0.1, -0.05) is 32.0 Å². The number of aromatic amines is 1. The van der Waals surface area contributed by atoms with Gasteiger partial charge in [0.25, 0.3) is 0 Å². The minimum atomic E-state index is -0.293. The Morgan fingerprint density at radius 2 is 2.18 bits per heavy atom. The van der Waals surface area contributed by atoms with Crippen LogP contribution in [0.2, 0.25) is 0 Å². The van der Waals surface area contributed by atoms with Crippen molar-refractivity contribution in [1.82, 2.24) is 4.98 Å². The molecule has 0 saturated heterocycles. The topological polar surface area (TPSA) is 42.1 Å². The molecule has 0 aliphatic rings. The fraction of sp³-hybridized carbons (Fsp3) is 0.357. The molecule has 0 aliphatic carbocycles. The zero-order valence-corrected chi connectivity index (χ0v) is 10.4. The second-order valence-electron chi connectivity index (χ2n) is 4.37. The van der Waals surface area contributed by atoms with E-state index < -0.39 is 0 Å². The molecular weight excluding hydrogens is 214 g/mol. The van der Waals surface area contributed by atoms with Gasteiger partial charge in [-0.25, -0.2) is 4.79 Å². The second-order valence-corrected chi connectivity index (χ2v) is 4.37. The van der Waals surface area contributed by atoms with Crippen LogP contribution in [0.1, 0.15) is 42.7 Å². The Kier molecular flexibility index (Phi) is 3.18. The van der Waals surface area contributed by atoms with Crippen molar-refractivity contribution in [1.29, 1.82) is 0 Å². The summed E-state index contributed by atoms with van der Waals surface area (Å²) in [5.74, 6) is 0.130. The molecule has 17 heavy (non-hydrogen) atoms. The highest BCUT2D eigenvalue weighted by Crippen LogP contribution is 2.25. The quantitative estimate of drug-likeness (QED) is 0.822. The van der Waals surface area contributed by atoms with Gasteiger partial charge in [-0.2, -0.15) is 0 Å². The third-order valence-corrected chi connectivity index (χ3v) is 2.81. The number of para-hydroxylation sites is 1. The lowest BCUT2D eigenvalue weighted by Gasteiger charge is -2.06. The zero-order valence-electron chi connectivity index (χ0n) is 10.4. The van der Waals surface area contributed by atoms with Crippen LogP contribution in [0, 0.1) is 0 Å². The predicted molar refractivity (Wildman–Crippen MR) is 68.3 cm³/mol. The van der Waals surface area contributed by atoms with Gasteiger partial charge in [0.1, 0.15) is 5.69 Å². The molecule has 0 atom stereocenters. The van der Waals surface area contributed by atoms with Gasteiger partial charge in [-0.15, -0.1) is 0 Å². The lowest BCUT2D eigenvalue weighted by atomic mass is 10.0. The maximum Gasteiger partial charge on any atom is 0.354 e. The fourth-order valence-electron chi connectivity index (χ4n) is 1.98. The molecule has 0 spiro atoms. The van der Waals surface area contributed by atoms with E-state index in [9.17, 15) is 4.79 Å². The maximum atomic E-state index is 11.6. The highest BCUT2D eigenvalue weighted by atomic mass is 16.5. The number of nitrogens with one attached hydrogen (secondary N) is 1. The molecule has 0 saturated carbocycles. The summed E-state index contributed by atoms with van der Waals surface area (Å²) < 4.78 is 4.99. The summed E-state index contributed by atoms with van der Waals surface area (Å²) in [6, 6.07) is 7.94. The number of carbonyl (C=O) groups excluding carboxylic acids is 1. The van der Waals surface area contributed by atoms with E-state index in [0.29, 0.717) is 18.2 Å². The number of hydrogen-bond donors (Lipinski definition) is 1. The fourth-order valence-corrected chi connectivity index (χ4v) is 1.98. The van der Waals surface area contributed by atoms with Crippen molar-refractivity contribution in [3.63, 3.8) is 0 Å². The summed E-state index contributed by atoms with van der Waals surface area (Å²) in [5, 5.41) is 1.05. The normalized spacial score (nSPS) is 11.1. The number of benzene rings is 1. The lowest BCUT2D eigenvalue weighted by molar-refractivity contribution is 0.0520. The first-order chi connectivity index (χ1) is 8.13. The zero-order chi connectivity index (χ0) is 12.4. The van der Waals surface area contributed by atoms with Gasteiger partial charge in [0, 0.05) is 10.9 Å². The number of rotatable bonds is 3. The van der Waals surface area contributed by atoms with Crippen molar-refractivity contribution < 1.29 is 9.53 Å². The summed E-state index contributed by atoms with van der Waals surface area (Å²) in [7, 11) is 0. The van der Waals surface area contributed by atoms with Crippen molar-refractivity contribution in [2.24, 2.45) is 0 Å². The average Bonchev–Trinajstić information content (AvgIpc) is 2.72. The van der Waals surface area contributed by atoms with Crippen LogP contribution in [0.25, 0.3) is 10.9 Å². The Morgan fingerprint density at radius 1 is 1.41 bits per heavy atom. The Morgan fingerprint density at radius 3 is 2.82 bits per heavy atom. The lowest BCUT2D eigenvalue weighted by Crippen LogP contribution is -2.04. The number of fused-ring (bicyclic) bond motifs is 1. The van der Waals surface area contributed by atoms with Crippen LogP contribution >= 0.6 is 0 Å². The molecule has 3 nitrogen and oxygen atoms in total. The van der Waals surface area contributed by atoms with Gasteiger partial charge >= 0.3 is 5.97 Å². The Hall–Kier alpha value is -1.77. The van der Waals surface area contributed by atoms with Crippen molar-refractivity contribution in [2.45, 2.75) is 26.7 Å². The molecule has 1 heterocycles. The molecular formula is C14H17NO2. The number of carbonyl (C=O) groups is 1. The van der Waals surface area contributed by atoms with Crippen molar-refractivity contribution >= 4 is 16.9 Å². The van der Waals surface area contributed by atoms with Crippen molar-refractivity contribution in [2.75, 3.05) is 6.61 Å². The molecule has 0 amide bonds. The van der Waals surface area contributed by atoms with Crippen molar-refractivity contribution in [3.8, 4) is 0 Å². The van der Waals surface area contributed by atoms with Gasteiger partial charge in [0.2, 0.25) is 0 Å². The third kappa shape index (κ3) is 2.18. The first-order valence-electron chi connectivity index (χ1n) is 5.92. The molecule has 90 valence electrons. The van der Waals surface area contributed by atoms with E-state index in [1.165, 1.54) is 5.56 Å². The van der Waals surface area contributed by atoms with E-state index in [1.807, 2.05) is 18.2 Å². The Bertz CT molecular complexity index is 540. The van der Waals surface area contributed by atoms with E-state index in [4.69, 9.17) is 4.74 Å². The standard InChI is InChI=1S/C14H17NO2/c1-4-17-14(16)12-8-10-6-5-7-11(9(2)3)13(10)15-12/h5-9,15H,4H2,1-3H3. The maximum absolute atomic E-state index is 11.6. The second kappa shape index (κ2) is 4.62. The van der Waals surface area contributed by atoms with Crippen LogP contribution in [0.15, 0.2) is 24.3 Å². The molecule has 0 bridgehead atoms. The van der Waals surface area contributed by atoms with Crippen LogP contribution in [0.3, 0.4) is 0 Å². The van der Waals surface area contributed by atoms with Crippen LogP contribution in [-0.2, 0) is 4.74 Å². The molecule has 1 aromatic heterocycles. The number of aromatic nitrogens is 1. The van der Waals surface area contributed by atoms with E-state index in [2.05, 4.69) is 24.9 Å². The van der Waals surface area contributed by atoms with E-state index in [1.54, 1.807) is 6.92 Å². The Balaban J connectivity index is 2.50. The Labute approximate surface area is 101 Å². The van der Waals surface area contributed by atoms with Gasteiger partial charge in [0.15, 0.2) is 0 Å². The van der Waals surface area contributed by atoms with Crippen molar-refractivity contribution in [3.05, 3.63) is 35.5 Å². The molecule has 0 radical (unpaired) electrons. The van der Waals surface area contributed by atoms with Crippen LogP contribution in [0.5, 0.6) is 0 Å². The first kappa shape index (κ1) is 11.7. The molecule has 3 heteroatoms. The number of H-pyrrole nitrogens is 1. The molecule has 1 N–H and O–H groups in total. The molecule has 0 unspecified atom stereocenters. The largest absolute Gasteiger partial charge is 0.461 e. The van der Waals surface area contributed by atoms with Crippen LogP contribution in [0.4, 0.5) is 0 Å². The highest BCUT2D eigenvalue weighted by molar-refractivity contribution is 5.95. The predicted octanol–water partition coefficient (Wildman–Crippen LogP) is 3.47. The number of hydrogen-bond acceptors (Lipinski definition) is 2. The van der Waals surface area contributed by atoms with Crippen LogP contribution in [-0.4, -0.2) is 17.6 Å².